The maximum Gasteiger partial charge on any atom is 0.320 e. The number of likely N-dealkylation sites (tertiary alicyclic amines) is 1. The Morgan fingerprint density at radius 1 is 0.882 bits per heavy atom. The summed E-state index contributed by atoms with van der Waals surface area (Å²) >= 11 is 12.7. The van der Waals surface area contributed by atoms with Crippen LogP contribution in [-0.4, -0.2) is 70.1 Å². The van der Waals surface area contributed by atoms with E-state index in [1.807, 2.05) is 41.0 Å². The van der Waals surface area contributed by atoms with Gasteiger partial charge in [-0.2, -0.15) is 0 Å². The van der Waals surface area contributed by atoms with Gasteiger partial charge in [0.05, 0.1) is 16.9 Å². The molecule has 2 fully saturated rings. The maximum atomic E-state index is 12.8. The first-order chi connectivity index (χ1) is 16.5. The second-order valence-electron chi connectivity index (χ2n) is 8.69. The van der Waals surface area contributed by atoms with E-state index in [9.17, 15) is 4.79 Å². The van der Waals surface area contributed by atoms with Crippen LogP contribution in [-0.2, 0) is 0 Å². The van der Waals surface area contributed by atoms with Gasteiger partial charge in [-0.15, -0.1) is 0 Å². The van der Waals surface area contributed by atoms with E-state index in [0.717, 1.165) is 54.1 Å². The fraction of sp³-hybridized carbons (Fsp3) is 0.360. The largest absolute Gasteiger partial charge is 0.352 e. The number of carbonyl (C=O) groups excluding carboxylic acids is 1. The maximum absolute atomic E-state index is 12.8. The topological polar surface area (TPSA) is 65.5 Å². The fourth-order valence-corrected chi connectivity index (χ4v) is 5.05. The van der Waals surface area contributed by atoms with E-state index in [1.54, 1.807) is 18.6 Å². The zero-order valence-corrected chi connectivity index (χ0v) is 20.6. The summed E-state index contributed by atoms with van der Waals surface area (Å²) in [4.78, 5) is 32.8. The molecule has 0 spiro atoms. The lowest BCUT2D eigenvalue weighted by atomic mass is 10.0. The van der Waals surface area contributed by atoms with Crippen molar-refractivity contribution in [3.63, 3.8) is 0 Å². The molecule has 0 bridgehead atoms. The highest BCUT2D eigenvalue weighted by Crippen LogP contribution is 2.36. The van der Waals surface area contributed by atoms with E-state index in [-0.39, 0.29) is 6.03 Å². The number of aryl methyl sites for hydroxylation is 1. The van der Waals surface area contributed by atoms with E-state index in [2.05, 4.69) is 9.88 Å². The number of carbonyl (C=O) groups is 1. The van der Waals surface area contributed by atoms with Gasteiger partial charge in [0, 0.05) is 67.8 Å². The highest BCUT2D eigenvalue weighted by atomic mass is 35.5. The quantitative estimate of drug-likeness (QED) is 0.500. The lowest BCUT2D eigenvalue weighted by Gasteiger charge is -2.37. The van der Waals surface area contributed by atoms with E-state index in [1.165, 1.54) is 0 Å². The van der Waals surface area contributed by atoms with Crippen LogP contribution in [0.15, 0.2) is 42.9 Å². The summed E-state index contributed by atoms with van der Waals surface area (Å²) < 4.78 is 0. The zero-order valence-electron chi connectivity index (χ0n) is 19.0. The van der Waals surface area contributed by atoms with E-state index in [4.69, 9.17) is 33.2 Å². The molecule has 0 saturated carbocycles. The molecule has 7 nitrogen and oxygen atoms in total. The number of aromatic nitrogens is 3. The first kappa shape index (κ1) is 22.9. The van der Waals surface area contributed by atoms with Crippen LogP contribution in [0, 0.1) is 6.92 Å². The molecule has 0 atom stereocenters. The number of amides is 2. The van der Waals surface area contributed by atoms with Crippen LogP contribution >= 0.6 is 23.2 Å². The molecular formula is C25H26Cl2N6O. The molecule has 34 heavy (non-hydrogen) atoms. The van der Waals surface area contributed by atoms with Gasteiger partial charge in [0.1, 0.15) is 11.5 Å². The molecule has 9 heteroatoms. The Labute approximate surface area is 209 Å². The van der Waals surface area contributed by atoms with Crippen molar-refractivity contribution in [1.29, 1.82) is 0 Å². The van der Waals surface area contributed by atoms with E-state index < -0.39 is 0 Å². The Morgan fingerprint density at radius 2 is 1.62 bits per heavy atom. The van der Waals surface area contributed by atoms with Crippen LogP contribution < -0.4 is 4.90 Å². The highest BCUT2D eigenvalue weighted by Gasteiger charge is 2.28. The normalized spacial score (nSPS) is 16.3. The van der Waals surface area contributed by atoms with Crippen LogP contribution in [0.5, 0.6) is 0 Å². The predicted octanol–water partition coefficient (Wildman–Crippen LogP) is 5.16. The standard InChI is InChI=1S/C25H26Cl2N6O/c1-17-14-18(26)4-5-19(17)23-24(20-6-7-28-15-21(20)27)30-22(16-29-23)31-10-12-33(13-11-31)25(34)32-8-2-3-9-32/h4-7,14-16H,2-3,8-13H2,1H3. The predicted molar refractivity (Wildman–Crippen MR) is 135 cm³/mol. The first-order valence-electron chi connectivity index (χ1n) is 11.5. The van der Waals surface area contributed by atoms with Crippen LogP contribution in [0.2, 0.25) is 10.0 Å². The average molecular weight is 497 g/mol. The second-order valence-corrected chi connectivity index (χ2v) is 9.53. The van der Waals surface area contributed by atoms with Gasteiger partial charge in [0.25, 0.3) is 0 Å². The van der Waals surface area contributed by atoms with Crippen molar-refractivity contribution in [3.8, 4) is 22.5 Å². The molecule has 0 N–H and O–H groups in total. The lowest BCUT2D eigenvalue weighted by Crippen LogP contribution is -2.52. The summed E-state index contributed by atoms with van der Waals surface area (Å²) in [5.74, 6) is 0.770. The number of piperazine rings is 1. The lowest BCUT2D eigenvalue weighted by molar-refractivity contribution is 0.159. The number of urea groups is 1. The summed E-state index contributed by atoms with van der Waals surface area (Å²) in [5, 5.41) is 1.19. The minimum Gasteiger partial charge on any atom is -0.352 e. The summed E-state index contributed by atoms with van der Waals surface area (Å²) in [5.41, 5.74) is 4.18. The Bertz CT molecular complexity index is 1210. The number of rotatable bonds is 3. The van der Waals surface area contributed by atoms with Crippen molar-refractivity contribution in [3.05, 3.63) is 58.5 Å². The third kappa shape index (κ3) is 4.55. The number of nitrogens with zero attached hydrogens (tertiary/aromatic N) is 6. The third-order valence-corrected chi connectivity index (χ3v) is 7.02. The average Bonchev–Trinajstić information content (AvgIpc) is 3.39. The number of anilines is 1. The van der Waals surface area contributed by atoms with Crippen molar-refractivity contribution in [2.24, 2.45) is 0 Å². The van der Waals surface area contributed by atoms with Crippen LogP contribution in [0.1, 0.15) is 18.4 Å². The minimum absolute atomic E-state index is 0.154. The number of hydrogen-bond donors (Lipinski definition) is 0. The Hall–Kier alpha value is -2.90. The van der Waals surface area contributed by atoms with Gasteiger partial charge in [0.2, 0.25) is 0 Å². The van der Waals surface area contributed by atoms with Crippen molar-refractivity contribution in [1.82, 2.24) is 24.8 Å². The third-order valence-electron chi connectivity index (χ3n) is 6.48. The number of halogens is 2. The molecule has 2 saturated heterocycles. The monoisotopic (exact) mass is 496 g/mol. The van der Waals surface area contributed by atoms with Crippen LogP contribution in [0.25, 0.3) is 22.5 Å². The smallest absolute Gasteiger partial charge is 0.320 e. The van der Waals surface area contributed by atoms with Crippen molar-refractivity contribution < 1.29 is 4.79 Å². The van der Waals surface area contributed by atoms with Crippen molar-refractivity contribution in [2.45, 2.75) is 19.8 Å². The van der Waals surface area contributed by atoms with E-state index in [0.29, 0.717) is 41.9 Å². The first-order valence-corrected chi connectivity index (χ1v) is 12.3. The van der Waals surface area contributed by atoms with Gasteiger partial charge in [-0.05, 0) is 43.5 Å². The van der Waals surface area contributed by atoms with Gasteiger partial charge in [-0.3, -0.25) is 9.97 Å². The van der Waals surface area contributed by atoms with Crippen LogP contribution in [0.4, 0.5) is 10.6 Å². The molecule has 0 radical (unpaired) electrons. The molecule has 0 unspecified atom stereocenters. The van der Waals surface area contributed by atoms with Crippen molar-refractivity contribution in [2.75, 3.05) is 44.2 Å². The van der Waals surface area contributed by atoms with Gasteiger partial charge in [0.15, 0.2) is 0 Å². The van der Waals surface area contributed by atoms with Crippen LogP contribution in [0.3, 0.4) is 0 Å². The van der Waals surface area contributed by atoms with Crippen molar-refractivity contribution >= 4 is 35.1 Å². The molecule has 2 aliphatic heterocycles. The Morgan fingerprint density at radius 3 is 2.32 bits per heavy atom. The molecule has 2 aliphatic rings. The van der Waals surface area contributed by atoms with Gasteiger partial charge < -0.3 is 14.7 Å². The van der Waals surface area contributed by atoms with Gasteiger partial charge >= 0.3 is 6.03 Å². The SMILES string of the molecule is Cc1cc(Cl)ccc1-c1ncc(N2CCN(C(=O)N3CCCC3)CC2)nc1-c1ccncc1Cl. The fourth-order valence-electron chi connectivity index (χ4n) is 4.61. The summed E-state index contributed by atoms with van der Waals surface area (Å²) in [7, 11) is 0. The highest BCUT2D eigenvalue weighted by molar-refractivity contribution is 6.33. The molecule has 3 aromatic rings. The minimum atomic E-state index is 0.154. The Kier molecular flexibility index (Phi) is 6.57. The van der Waals surface area contributed by atoms with Gasteiger partial charge in [-0.25, -0.2) is 9.78 Å². The molecule has 5 rings (SSSR count). The summed E-state index contributed by atoms with van der Waals surface area (Å²) in [6, 6.07) is 7.75. The molecule has 2 aromatic heterocycles. The number of hydrogen-bond acceptors (Lipinski definition) is 5. The second kappa shape index (κ2) is 9.76. The Balaban J connectivity index is 1.45. The molecule has 0 aliphatic carbocycles. The summed E-state index contributed by atoms with van der Waals surface area (Å²) in [6.07, 6.45) is 7.32. The van der Waals surface area contributed by atoms with Gasteiger partial charge in [-0.1, -0.05) is 29.3 Å². The molecule has 2 amide bonds. The number of pyridine rings is 1. The summed E-state index contributed by atoms with van der Waals surface area (Å²) in [6.45, 7) is 6.48. The molecular weight excluding hydrogens is 471 g/mol. The number of benzene rings is 1. The molecule has 4 heterocycles. The zero-order chi connectivity index (χ0) is 23.7. The van der Waals surface area contributed by atoms with E-state index >= 15 is 0 Å². The molecule has 1 aromatic carbocycles. The molecule has 176 valence electrons.